The Morgan fingerprint density at radius 3 is 2.73 bits per heavy atom. The molecule has 2 N–H and O–H groups in total. The summed E-state index contributed by atoms with van der Waals surface area (Å²) in [5.41, 5.74) is 5.44. The lowest BCUT2D eigenvalue weighted by atomic mass is 10.2. The lowest BCUT2D eigenvalue weighted by Crippen LogP contribution is -2.16. The van der Waals surface area contributed by atoms with Crippen LogP contribution in [0, 0.1) is 11.8 Å². The van der Waals surface area contributed by atoms with Gasteiger partial charge in [-0.25, -0.2) is 4.79 Å². The summed E-state index contributed by atoms with van der Waals surface area (Å²) < 4.78 is 4.57. The van der Waals surface area contributed by atoms with Gasteiger partial charge >= 0.3 is 5.97 Å². The maximum absolute atomic E-state index is 10.6. The second kappa shape index (κ2) is 5.75. The highest BCUT2D eigenvalue weighted by Gasteiger charge is 1.94. The van der Waals surface area contributed by atoms with Crippen LogP contribution in [0.25, 0.3) is 0 Å². The molecule has 62 valence electrons. The van der Waals surface area contributed by atoms with E-state index in [0.29, 0.717) is 6.61 Å². The maximum Gasteiger partial charge on any atom is 0.384 e. The molecule has 0 aliphatic carbocycles. The van der Waals surface area contributed by atoms with Gasteiger partial charge in [-0.2, -0.15) is 0 Å². The molecule has 0 fully saturated rings. The molecule has 0 aliphatic heterocycles. The zero-order valence-electron chi connectivity index (χ0n) is 6.89. The number of hydrogen-bond donors (Lipinski definition) is 1. The summed E-state index contributed by atoms with van der Waals surface area (Å²) >= 11 is 0. The quantitative estimate of drug-likeness (QED) is 0.354. The molecular formula is C8H13NO2. The third-order valence-electron chi connectivity index (χ3n) is 1.07. The van der Waals surface area contributed by atoms with Crippen LogP contribution in [0.2, 0.25) is 0 Å². The van der Waals surface area contributed by atoms with E-state index in [1.165, 1.54) is 0 Å². The average molecular weight is 155 g/mol. The van der Waals surface area contributed by atoms with Crippen LogP contribution in [0.5, 0.6) is 0 Å². The van der Waals surface area contributed by atoms with E-state index in [1.807, 2.05) is 6.92 Å². The molecule has 3 heteroatoms. The average Bonchev–Trinajstić information content (AvgIpc) is 2.01. The number of nitrogens with two attached hydrogens (primary N) is 1. The third kappa shape index (κ3) is 5.43. The number of hydrogen-bond acceptors (Lipinski definition) is 3. The van der Waals surface area contributed by atoms with Gasteiger partial charge in [-0.3, -0.25) is 0 Å². The molecule has 3 nitrogen and oxygen atoms in total. The van der Waals surface area contributed by atoms with Gasteiger partial charge in [-0.05, 0) is 13.3 Å². The summed E-state index contributed by atoms with van der Waals surface area (Å²) in [6, 6.07) is -0.223. The fourth-order valence-electron chi connectivity index (χ4n) is 0.421. The van der Waals surface area contributed by atoms with Crippen molar-refractivity contribution in [3.05, 3.63) is 0 Å². The first-order valence-electron chi connectivity index (χ1n) is 3.64. The van der Waals surface area contributed by atoms with E-state index < -0.39 is 5.97 Å². The van der Waals surface area contributed by atoms with E-state index in [9.17, 15) is 4.79 Å². The summed E-state index contributed by atoms with van der Waals surface area (Å²) in [6.45, 7) is 4.00. The van der Waals surface area contributed by atoms with Crippen LogP contribution in [0.4, 0.5) is 0 Å². The van der Waals surface area contributed by atoms with Gasteiger partial charge in [-0.15, -0.1) is 0 Å². The number of carbonyl (C=O) groups is 1. The molecule has 0 saturated heterocycles. The molecule has 0 spiro atoms. The topological polar surface area (TPSA) is 52.3 Å². The van der Waals surface area contributed by atoms with Gasteiger partial charge in [0.05, 0.1) is 12.6 Å². The second-order valence-corrected chi connectivity index (χ2v) is 2.00. The Balaban J connectivity index is 3.76. The highest BCUT2D eigenvalue weighted by Crippen LogP contribution is 1.82. The van der Waals surface area contributed by atoms with E-state index in [4.69, 9.17) is 5.73 Å². The van der Waals surface area contributed by atoms with Crippen molar-refractivity contribution in [3.8, 4) is 11.8 Å². The van der Waals surface area contributed by atoms with E-state index in [2.05, 4.69) is 16.6 Å². The van der Waals surface area contributed by atoms with Crippen molar-refractivity contribution in [2.75, 3.05) is 6.61 Å². The molecule has 0 heterocycles. The SMILES string of the molecule is CCOC(=O)C#CC(N)CC. The Labute approximate surface area is 66.9 Å². The van der Waals surface area contributed by atoms with Crippen molar-refractivity contribution in [1.82, 2.24) is 0 Å². The third-order valence-corrected chi connectivity index (χ3v) is 1.07. The van der Waals surface area contributed by atoms with E-state index in [1.54, 1.807) is 6.92 Å². The van der Waals surface area contributed by atoms with Crippen LogP contribution in [-0.2, 0) is 9.53 Å². The molecule has 1 atom stereocenters. The first-order valence-corrected chi connectivity index (χ1v) is 3.64. The fourth-order valence-corrected chi connectivity index (χ4v) is 0.421. The van der Waals surface area contributed by atoms with Crippen LogP contribution >= 0.6 is 0 Å². The van der Waals surface area contributed by atoms with Crippen LogP contribution < -0.4 is 5.73 Å². The molecule has 0 saturated carbocycles. The first-order chi connectivity index (χ1) is 5.20. The Morgan fingerprint density at radius 1 is 1.64 bits per heavy atom. The highest BCUT2D eigenvalue weighted by molar-refractivity contribution is 5.88. The Kier molecular flexibility index (Phi) is 5.22. The predicted molar refractivity (Wildman–Crippen MR) is 42.7 cm³/mol. The summed E-state index contributed by atoms with van der Waals surface area (Å²) in [4.78, 5) is 10.6. The van der Waals surface area contributed by atoms with Gasteiger partial charge in [0, 0.05) is 5.92 Å². The lowest BCUT2D eigenvalue weighted by molar-refractivity contribution is -0.136. The lowest BCUT2D eigenvalue weighted by Gasteiger charge is -1.95. The molecule has 0 aromatic carbocycles. The van der Waals surface area contributed by atoms with Crippen molar-refractivity contribution < 1.29 is 9.53 Å². The van der Waals surface area contributed by atoms with Gasteiger partial charge in [0.15, 0.2) is 0 Å². The molecule has 0 aromatic heterocycles. The Bertz CT molecular complexity index is 178. The van der Waals surface area contributed by atoms with Crippen LogP contribution in [0.15, 0.2) is 0 Å². The summed E-state index contributed by atoms with van der Waals surface area (Å²) in [5.74, 6) is 4.36. The minimum absolute atomic E-state index is 0.223. The normalized spacial score (nSPS) is 11.2. The van der Waals surface area contributed by atoms with Gasteiger partial charge in [0.25, 0.3) is 0 Å². The van der Waals surface area contributed by atoms with Crippen molar-refractivity contribution in [2.45, 2.75) is 26.3 Å². The Morgan fingerprint density at radius 2 is 2.27 bits per heavy atom. The van der Waals surface area contributed by atoms with Crippen LogP contribution in [0.3, 0.4) is 0 Å². The van der Waals surface area contributed by atoms with Crippen molar-refractivity contribution in [2.24, 2.45) is 5.73 Å². The Hall–Kier alpha value is -1.01. The van der Waals surface area contributed by atoms with E-state index in [-0.39, 0.29) is 6.04 Å². The summed E-state index contributed by atoms with van der Waals surface area (Å²) in [6.07, 6.45) is 0.742. The van der Waals surface area contributed by atoms with Gasteiger partial charge in [-0.1, -0.05) is 12.8 Å². The van der Waals surface area contributed by atoms with E-state index >= 15 is 0 Å². The number of carbonyl (C=O) groups excluding carboxylic acids is 1. The van der Waals surface area contributed by atoms with Gasteiger partial charge in [0.1, 0.15) is 0 Å². The molecule has 11 heavy (non-hydrogen) atoms. The molecule has 0 amide bonds. The molecule has 0 radical (unpaired) electrons. The molecule has 0 aromatic rings. The minimum atomic E-state index is -0.503. The zero-order chi connectivity index (χ0) is 8.69. The number of ether oxygens (including phenoxy) is 1. The molecular weight excluding hydrogens is 142 g/mol. The minimum Gasteiger partial charge on any atom is -0.456 e. The van der Waals surface area contributed by atoms with Crippen LogP contribution in [0.1, 0.15) is 20.3 Å². The summed E-state index contributed by atoms with van der Waals surface area (Å²) in [5, 5.41) is 0. The summed E-state index contributed by atoms with van der Waals surface area (Å²) in [7, 11) is 0. The largest absolute Gasteiger partial charge is 0.456 e. The standard InChI is InChI=1S/C8H13NO2/c1-3-7(9)5-6-8(10)11-4-2/h7H,3-4,9H2,1-2H3. The van der Waals surface area contributed by atoms with Crippen molar-refractivity contribution in [3.63, 3.8) is 0 Å². The number of rotatable bonds is 2. The predicted octanol–water partition coefficient (Wildman–Crippen LogP) is 0.290. The molecule has 0 bridgehead atoms. The smallest absolute Gasteiger partial charge is 0.384 e. The van der Waals surface area contributed by atoms with Gasteiger partial charge < -0.3 is 10.5 Å². The van der Waals surface area contributed by atoms with Crippen molar-refractivity contribution in [1.29, 1.82) is 0 Å². The fraction of sp³-hybridized carbons (Fsp3) is 0.625. The molecule has 0 aliphatic rings. The second-order valence-electron chi connectivity index (χ2n) is 2.00. The highest BCUT2D eigenvalue weighted by atomic mass is 16.5. The number of esters is 1. The van der Waals surface area contributed by atoms with Crippen LogP contribution in [-0.4, -0.2) is 18.6 Å². The monoisotopic (exact) mass is 155 g/mol. The molecule has 0 rings (SSSR count). The zero-order valence-corrected chi connectivity index (χ0v) is 6.89. The molecule has 1 unspecified atom stereocenters. The van der Waals surface area contributed by atoms with E-state index in [0.717, 1.165) is 6.42 Å². The van der Waals surface area contributed by atoms with Gasteiger partial charge in [0.2, 0.25) is 0 Å². The maximum atomic E-state index is 10.6. The first kappa shape index (κ1) is 9.99. The van der Waals surface area contributed by atoms with Crippen molar-refractivity contribution >= 4 is 5.97 Å².